The molecule has 14 heavy (non-hydrogen) atoms. The zero-order valence-corrected chi connectivity index (χ0v) is 9.93. The van der Waals surface area contributed by atoms with Gasteiger partial charge in [0, 0.05) is 5.33 Å². The van der Waals surface area contributed by atoms with Crippen LogP contribution in [0, 0.1) is 0 Å². The van der Waals surface area contributed by atoms with E-state index < -0.39 is 0 Å². The van der Waals surface area contributed by atoms with Gasteiger partial charge in [-0.25, -0.2) is 4.79 Å². The number of methoxy groups -OCH3 is 1. The largest absolute Gasteiger partial charge is 0.465 e. The summed E-state index contributed by atoms with van der Waals surface area (Å²) in [5, 5.41) is 0.672. The van der Waals surface area contributed by atoms with Gasteiger partial charge < -0.3 is 4.74 Å². The van der Waals surface area contributed by atoms with E-state index in [1.807, 2.05) is 25.1 Å². The van der Waals surface area contributed by atoms with Crippen molar-refractivity contribution in [2.45, 2.75) is 18.7 Å². The Morgan fingerprint density at radius 3 is 2.57 bits per heavy atom. The number of hydrogen-bond acceptors (Lipinski definition) is 2. The van der Waals surface area contributed by atoms with E-state index in [-0.39, 0.29) is 5.97 Å². The Morgan fingerprint density at radius 2 is 2.07 bits per heavy atom. The minimum absolute atomic E-state index is 0.253. The maximum atomic E-state index is 11.5. The van der Waals surface area contributed by atoms with Gasteiger partial charge in [0.05, 0.1) is 12.7 Å². The highest BCUT2D eigenvalue weighted by atomic mass is 79.9. The van der Waals surface area contributed by atoms with E-state index in [1.165, 1.54) is 7.11 Å². The summed E-state index contributed by atoms with van der Waals surface area (Å²) < 4.78 is 4.76. The summed E-state index contributed by atoms with van der Waals surface area (Å²) in [7, 11) is 1.41. The Kier molecular flexibility index (Phi) is 4.14. The Labute approximate surface area is 92.4 Å². The van der Waals surface area contributed by atoms with Gasteiger partial charge in [0.15, 0.2) is 0 Å². The van der Waals surface area contributed by atoms with Crippen LogP contribution in [0.15, 0.2) is 18.2 Å². The van der Waals surface area contributed by atoms with Crippen LogP contribution in [0.5, 0.6) is 0 Å². The summed E-state index contributed by atoms with van der Waals surface area (Å²) in [6.45, 7) is 2.03. The fraction of sp³-hybridized carbons (Fsp3) is 0.364. The number of ether oxygens (including phenoxy) is 1. The summed E-state index contributed by atoms with van der Waals surface area (Å²) in [6, 6.07) is 5.85. The second-order valence-corrected chi connectivity index (χ2v) is 3.49. The first-order chi connectivity index (χ1) is 6.74. The molecule has 0 aromatic heterocycles. The third-order valence-corrected chi connectivity index (χ3v) is 2.76. The number of hydrogen-bond donors (Lipinski definition) is 0. The fourth-order valence-electron chi connectivity index (χ4n) is 1.42. The summed E-state index contributed by atoms with van der Waals surface area (Å²) in [4.78, 5) is 11.5. The van der Waals surface area contributed by atoms with Crippen molar-refractivity contribution in [1.82, 2.24) is 0 Å². The van der Waals surface area contributed by atoms with E-state index in [1.54, 1.807) is 0 Å². The number of carbonyl (C=O) groups is 1. The van der Waals surface area contributed by atoms with E-state index in [0.29, 0.717) is 10.9 Å². The van der Waals surface area contributed by atoms with Crippen molar-refractivity contribution in [1.29, 1.82) is 0 Å². The molecule has 0 fully saturated rings. The number of halogens is 1. The van der Waals surface area contributed by atoms with E-state index in [4.69, 9.17) is 4.74 Å². The Bertz CT molecular complexity index is 312. The number of carbonyl (C=O) groups excluding carboxylic acids is 1. The van der Waals surface area contributed by atoms with Crippen molar-refractivity contribution in [2.75, 3.05) is 7.11 Å². The van der Waals surface area contributed by atoms with Crippen LogP contribution in [-0.2, 0) is 16.5 Å². The normalized spacial score (nSPS) is 9.93. The van der Waals surface area contributed by atoms with Crippen LogP contribution >= 0.6 is 15.9 Å². The number of rotatable bonds is 3. The predicted molar refractivity (Wildman–Crippen MR) is 59.8 cm³/mol. The average Bonchev–Trinajstić information content (AvgIpc) is 2.26. The van der Waals surface area contributed by atoms with Crippen molar-refractivity contribution < 1.29 is 9.53 Å². The third-order valence-electron chi connectivity index (χ3n) is 2.15. The van der Waals surface area contributed by atoms with Crippen LogP contribution in [0.3, 0.4) is 0 Å². The van der Waals surface area contributed by atoms with Gasteiger partial charge in [-0.1, -0.05) is 41.1 Å². The Morgan fingerprint density at radius 1 is 1.43 bits per heavy atom. The van der Waals surface area contributed by atoms with Crippen LogP contribution in [0.1, 0.15) is 28.4 Å². The van der Waals surface area contributed by atoms with E-state index in [0.717, 1.165) is 17.5 Å². The van der Waals surface area contributed by atoms with Gasteiger partial charge in [0.1, 0.15) is 0 Å². The minimum atomic E-state index is -0.253. The molecule has 0 radical (unpaired) electrons. The second-order valence-electron chi connectivity index (χ2n) is 2.93. The monoisotopic (exact) mass is 256 g/mol. The molecule has 0 bridgehead atoms. The molecule has 0 unspecified atom stereocenters. The molecule has 0 atom stereocenters. The molecule has 1 rings (SSSR count). The first-order valence-electron chi connectivity index (χ1n) is 4.49. The highest BCUT2D eigenvalue weighted by Crippen LogP contribution is 2.19. The van der Waals surface area contributed by atoms with Crippen molar-refractivity contribution >= 4 is 21.9 Å². The number of esters is 1. The first kappa shape index (κ1) is 11.2. The minimum Gasteiger partial charge on any atom is -0.465 e. The predicted octanol–water partition coefficient (Wildman–Crippen LogP) is 2.93. The van der Waals surface area contributed by atoms with E-state index >= 15 is 0 Å². The van der Waals surface area contributed by atoms with Crippen LogP contribution in [0.2, 0.25) is 0 Å². The van der Waals surface area contributed by atoms with Gasteiger partial charge in [0.25, 0.3) is 0 Å². The maximum absolute atomic E-state index is 11.5. The molecule has 0 aliphatic heterocycles. The Balaban J connectivity index is 3.25. The zero-order chi connectivity index (χ0) is 10.6. The maximum Gasteiger partial charge on any atom is 0.338 e. The fourth-order valence-corrected chi connectivity index (χ4v) is 1.89. The second kappa shape index (κ2) is 5.15. The van der Waals surface area contributed by atoms with Gasteiger partial charge >= 0.3 is 5.97 Å². The zero-order valence-electron chi connectivity index (χ0n) is 8.34. The molecule has 0 saturated carbocycles. The van der Waals surface area contributed by atoms with Crippen LogP contribution < -0.4 is 0 Å². The molecule has 0 spiro atoms. The van der Waals surface area contributed by atoms with Gasteiger partial charge in [-0.2, -0.15) is 0 Å². The number of alkyl halides is 1. The lowest BCUT2D eigenvalue weighted by molar-refractivity contribution is 0.0598. The smallest absolute Gasteiger partial charge is 0.338 e. The molecule has 1 aromatic rings. The molecule has 3 heteroatoms. The van der Waals surface area contributed by atoms with Crippen LogP contribution in [0.25, 0.3) is 0 Å². The lowest BCUT2D eigenvalue weighted by Crippen LogP contribution is -2.08. The third kappa shape index (κ3) is 2.15. The van der Waals surface area contributed by atoms with E-state index in [9.17, 15) is 4.79 Å². The molecule has 0 aliphatic carbocycles. The topological polar surface area (TPSA) is 26.3 Å². The van der Waals surface area contributed by atoms with Gasteiger partial charge in [-0.15, -0.1) is 0 Å². The van der Waals surface area contributed by atoms with Crippen molar-refractivity contribution in [3.63, 3.8) is 0 Å². The van der Waals surface area contributed by atoms with E-state index in [2.05, 4.69) is 15.9 Å². The molecule has 0 saturated heterocycles. The lowest BCUT2D eigenvalue weighted by Gasteiger charge is -2.09. The molecule has 0 amide bonds. The molecular weight excluding hydrogens is 244 g/mol. The highest BCUT2D eigenvalue weighted by molar-refractivity contribution is 9.08. The van der Waals surface area contributed by atoms with Crippen molar-refractivity contribution in [3.05, 3.63) is 34.9 Å². The quantitative estimate of drug-likeness (QED) is 0.614. The molecular formula is C11H13BrO2. The molecule has 0 heterocycles. The number of benzene rings is 1. The summed E-state index contributed by atoms with van der Waals surface area (Å²) in [6.07, 6.45) is 0.839. The summed E-state index contributed by atoms with van der Waals surface area (Å²) in [5.41, 5.74) is 2.72. The van der Waals surface area contributed by atoms with Gasteiger partial charge in [-0.3, -0.25) is 0 Å². The average molecular weight is 257 g/mol. The number of aryl methyl sites for hydroxylation is 1. The van der Waals surface area contributed by atoms with Crippen LogP contribution in [0.4, 0.5) is 0 Å². The molecule has 0 aliphatic rings. The van der Waals surface area contributed by atoms with Gasteiger partial charge in [0.2, 0.25) is 0 Å². The van der Waals surface area contributed by atoms with Crippen molar-refractivity contribution in [3.8, 4) is 0 Å². The molecule has 1 aromatic carbocycles. The SMILES string of the molecule is CCc1cccc(CBr)c1C(=O)OC. The molecule has 76 valence electrons. The molecule has 2 nitrogen and oxygen atoms in total. The summed E-state index contributed by atoms with van der Waals surface area (Å²) in [5.74, 6) is -0.253. The Hall–Kier alpha value is -0.830. The lowest BCUT2D eigenvalue weighted by atomic mass is 10.0. The summed E-state index contributed by atoms with van der Waals surface area (Å²) >= 11 is 3.36. The highest BCUT2D eigenvalue weighted by Gasteiger charge is 2.14. The molecule has 0 N–H and O–H groups in total. The first-order valence-corrected chi connectivity index (χ1v) is 5.61. The van der Waals surface area contributed by atoms with Crippen LogP contribution in [-0.4, -0.2) is 13.1 Å². The van der Waals surface area contributed by atoms with Crippen molar-refractivity contribution in [2.24, 2.45) is 0 Å². The van der Waals surface area contributed by atoms with Gasteiger partial charge in [-0.05, 0) is 17.5 Å². The standard InChI is InChI=1S/C11H13BrO2/c1-3-8-5-4-6-9(7-12)10(8)11(13)14-2/h4-6H,3,7H2,1-2H3.